The molecule has 9 atom stereocenters. The number of fused-ring (bicyclic) bond motifs is 7. The molecule has 4 saturated carbocycles. The van der Waals surface area contributed by atoms with Crippen molar-refractivity contribution in [3.63, 3.8) is 0 Å². The lowest BCUT2D eigenvalue weighted by Gasteiger charge is -2.70. The Morgan fingerprint density at radius 2 is 1.64 bits per heavy atom. The third-order valence-electron chi connectivity index (χ3n) is 13.2. The lowest BCUT2D eigenvalue weighted by atomic mass is 9.33. The van der Waals surface area contributed by atoms with Gasteiger partial charge in [-0.1, -0.05) is 60.1 Å². The van der Waals surface area contributed by atoms with Gasteiger partial charge in [-0.3, -0.25) is 9.59 Å². The summed E-state index contributed by atoms with van der Waals surface area (Å²) < 4.78 is 0. The second kappa shape index (κ2) is 6.97. The van der Waals surface area contributed by atoms with Crippen LogP contribution in [0.15, 0.2) is 11.6 Å². The largest absolute Gasteiger partial charge is 0.481 e. The predicted molar refractivity (Wildman–Crippen MR) is 132 cm³/mol. The van der Waals surface area contributed by atoms with E-state index >= 15 is 0 Å². The van der Waals surface area contributed by atoms with Crippen LogP contribution in [0.3, 0.4) is 0 Å². The number of carboxylic acid groups (broad SMARTS) is 1. The van der Waals surface area contributed by atoms with Gasteiger partial charge < -0.3 is 5.11 Å². The average molecular weight is 455 g/mol. The average Bonchev–Trinajstić information content (AvgIpc) is 2.74. The smallest absolute Gasteiger partial charge is 0.310 e. The summed E-state index contributed by atoms with van der Waals surface area (Å²) in [5.41, 5.74) is 1.12. The molecule has 0 heterocycles. The second-order valence-electron chi connectivity index (χ2n) is 14.3. The molecule has 1 N–H and O–H groups in total. The SMILES string of the molecule is C[C@H]1[C@H](C)CC[C@]2(C(=O)O)CC[C@]3(C)C(=CC[C@@H]4[C@@]5(C)CCC(=O)C(C)(C)C5CC[C@]43C)[C@@H]12. The summed E-state index contributed by atoms with van der Waals surface area (Å²) in [5, 5.41) is 10.5. The quantitative estimate of drug-likeness (QED) is 0.423. The molecule has 1 unspecified atom stereocenters. The van der Waals surface area contributed by atoms with Gasteiger partial charge in [0.05, 0.1) is 5.41 Å². The minimum absolute atomic E-state index is 0.0600. The first kappa shape index (κ1) is 23.6. The van der Waals surface area contributed by atoms with Crippen molar-refractivity contribution in [3.8, 4) is 0 Å². The van der Waals surface area contributed by atoms with E-state index in [4.69, 9.17) is 0 Å². The van der Waals surface area contributed by atoms with E-state index in [1.165, 1.54) is 12.0 Å². The predicted octanol–water partition coefficient (Wildman–Crippen LogP) is 7.30. The second-order valence-corrected chi connectivity index (χ2v) is 14.3. The molecule has 5 aliphatic carbocycles. The van der Waals surface area contributed by atoms with E-state index in [-0.39, 0.29) is 27.6 Å². The maximum absolute atomic E-state index is 12.9. The van der Waals surface area contributed by atoms with Crippen LogP contribution in [0.2, 0.25) is 0 Å². The maximum Gasteiger partial charge on any atom is 0.310 e. The zero-order valence-electron chi connectivity index (χ0n) is 22.1. The molecule has 33 heavy (non-hydrogen) atoms. The minimum Gasteiger partial charge on any atom is -0.481 e. The Labute approximate surface area is 201 Å². The summed E-state index contributed by atoms with van der Waals surface area (Å²) in [6.07, 6.45) is 11.3. The van der Waals surface area contributed by atoms with Gasteiger partial charge in [0.15, 0.2) is 0 Å². The van der Waals surface area contributed by atoms with Crippen molar-refractivity contribution in [3.05, 3.63) is 11.6 Å². The van der Waals surface area contributed by atoms with Crippen molar-refractivity contribution in [1.82, 2.24) is 0 Å². The van der Waals surface area contributed by atoms with E-state index < -0.39 is 11.4 Å². The molecule has 0 radical (unpaired) electrons. The summed E-state index contributed by atoms with van der Waals surface area (Å²) in [4.78, 5) is 25.7. The molecule has 0 aromatic heterocycles. The van der Waals surface area contributed by atoms with Crippen molar-refractivity contribution in [1.29, 1.82) is 0 Å². The van der Waals surface area contributed by atoms with Crippen LogP contribution in [-0.2, 0) is 9.59 Å². The summed E-state index contributed by atoms with van der Waals surface area (Å²) in [6.45, 7) is 16.7. The fourth-order valence-electron chi connectivity index (χ4n) is 10.7. The number of hydrogen-bond acceptors (Lipinski definition) is 2. The van der Waals surface area contributed by atoms with Gasteiger partial charge in [0, 0.05) is 11.8 Å². The van der Waals surface area contributed by atoms with Gasteiger partial charge >= 0.3 is 5.97 Å². The van der Waals surface area contributed by atoms with Gasteiger partial charge in [0.1, 0.15) is 5.78 Å². The van der Waals surface area contributed by atoms with Gasteiger partial charge in [-0.15, -0.1) is 0 Å². The summed E-state index contributed by atoms with van der Waals surface area (Å²) >= 11 is 0. The molecule has 0 aromatic rings. The third kappa shape index (κ3) is 2.69. The number of allylic oxidation sites excluding steroid dienone is 2. The van der Waals surface area contributed by atoms with Crippen LogP contribution in [0.5, 0.6) is 0 Å². The van der Waals surface area contributed by atoms with Crippen LogP contribution in [0.1, 0.15) is 106 Å². The highest BCUT2D eigenvalue weighted by Crippen LogP contribution is 2.75. The van der Waals surface area contributed by atoms with Crippen molar-refractivity contribution in [2.24, 2.45) is 56.7 Å². The van der Waals surface area contributed by atoms with Gasteiger partial charge in [-0.2, -0.15) is 0 Å². The molecular weight excluding hydrogens is 408 g/mol. The van der Waals surface area contributed by atoms with Crippen LogP contribution >= 0.6 is 0 Å². The van der Waals surface area contributed by atoms with Crippen molar-refractivity contribution < 1.29 is 14.7 Å². The molecule has 0 aromatic carbocycles. The van der Waals surface area contributed by atoms with E-state index in [0.29, 0.717) is 29.5 Å². The molecule has 5 rings (SSSR count). The molecule has 0 saturated heterocycles. The number of hydrogen-bond donors (Lipinski definition) is 1. The first-order valence-electron chi connectivity index (χ1n) is 13.7. The molecule has 5 aliphatic rings. The van der Waals surface area contributed by atoms with Gasteiger partial charge in [-0.05, 0) is 97.2 Å². The highest BCUT2D eigenvalue weighted by atomic mass is 16.4. The normalized spacial score (nSPS) is 53.1. The van der Waals surface area contributed by atoms with Crippen LogP contribution in [0.25, 0.3) is 0 Å². The Bertz CT molecular complexity index is 916. The maximum atomic E-state index is 12.9. The molecule has 0 bridgehead atoms. The van der Waals surface area contributed by atoms with Crippen molar-refractivity contribution in [2.45, 2.75) is 106 Å². The lowest BCUT2D eigenvalue weighted by Crippen LogP contribution is -2.65. The standard InChI is InChI=1S/C30H46O3/c1-18-10-15-30(25(32)33)17-16-28(6)20(24(30)19(18)2)8-9-22-27(5)13-12-23(31)26(3,4)21(27)11-14-29(22,28)7/h8,18-19,21-22,24H,9-17H2,1-7H3,(H,32,33)/t18-,19+,21?,22-,24-,27+,28-,29-,30+/m1/s1. The Kier molecular flexibility index (Phi) is 4.99. The van der Waals surface area contributed by atoms with Crippen LogP contribution in [0.4, 0.5) is 0 Å². The molecule has 0 aliphatic heterocycles. The first-order chi connectivity index (χ1) is 15.3. The topological polar surface area (TPSA) is 54.4 Å². The molecule has 0 amide bonds. The fraction of sp³-hybridized carbons (Fsp3) is 0.867. The Morgan fingerprint density at radius 3 is 2.30 bits per heavy atom. The Morgan fingerprint density at radius 1 is 0.939 bits per heavy atom. The number of aliphatic carboxylic acids is 1. The molecule has 4 fully saturated rings. The zero-order chi connectivity index (χ0) is 24.2. The van der Waals surface area contributed by atoms with Crippen LogP contribution in [-0.4, -0.2) is 16.9 Å². The summed E-state index contributed by atoms with van der Waals surface area (Å²) in [6, 6.07) is 0. The van der Waals surface area contributed by atoms with Gasteiger partial charge in [0.25, 0.3) is 0 Å². The Balaban J connectivity index is 1.62. The molecular formula is C30H46O3. The van der Waals surface area contributed by atoms with Crippen molar-refractivity contribution >= 4 is 11.8 Å². The van der Waals surface area contributed by atoms with E-state index in [1.54, 1.807) is 0 Å². The molecule has 3 heteroatoms. The fourth-order valence-corrected chi connectivity index (χ4v) is 10.7. The van der Waals surface area contributed by atoms with Crippen LogP contribution < -0.4 is 0 Å². The van der Waals surface area contributed by atoms with E-state index in [0.717, 1.165) is 51.4 Å². The van der Waals surface area contributed by atoms with Gasteiger partial charge in [0.2, 0.25) is 0 Å². The first-order valence-corrected chi connectivity index (χ1v) is 13.7. The van der Waals surface area contributed by atoms with Gasteiger partial charge in [-0.25, -0.2) is 0 Å². The molecule has 3 nitrogen and oxygen atoms in total. The highest BCUT2D eigenvalue weighted by Gasteiger charge is 2.69. The summed E-state index contributed by atoms with van der Waals surface area (Å²) in [7, 11) is 0. The number of Topliss-reactive ketones (excluding diaryl/α,β-unsaturated/α-hetero) is 1. The highest BCUT2D eigenvalue weighted by molar-refractivity contribution is 5.85. The minimum atomic E-state index is -0.569. The zero-order valence-corrected chi connectivity index (χ0v) is 22.1. The Hall–Kier alpha value is -1.12. The summed E-state index contributed by atoms with van der Waals surface area (Å²) in [5.74, 6) is 2.10. The number of rotatable bonds is 1. The van der Waals surface area contributed by atoms with E-state index in [1.807, 2.05) is 0 Å². The number of carbonyl (C=O) groups is 2. The molecule has 0 spiro atoms. The third-order valence-corrected chi connectivity index (χ3v) is 13.2. The van der Waals surface area contributed by atoms with Crippen molar-refractivity contribution in [2.75, 3.05) is 0 Å². The number of ketones is 1. The monoisotopic (exact) mass is 454 g/mol. The number of carboxylic acids is 1. The lowest BCUT2D eigenvalue weighted by molar-refractivity contribution is -0.190. The van der Waals surface area contributed by atoms with Crippen LogP contribution in [0, 0.1) is 56.7 Å². The van der Waals surface area contributed by atoms with E-state index in [2.05, 4.69) is 54.5 Å². The number of carbonyl (C=O) groups excluding carboxylic acids is 1. The molecule has 184 valence electrons. The van der Waals surface area contributed by atoms with E-state index in [9.17, 15) is 14.7 Å².